The first-order chi connectivity index (χ1) is 23.8. The normalized spacial score (nSPS) is 20.1. The number of H-pyrrole nitrogens is 1. The molecule has 12 nitrogen and oxygen atoms in total. The van der Waals surface area contributed by atoms with E-state index in [4.69, 9.17) is 5.73 Å². The lowest BCUT2D eigenvalue weighted by molar-refractivity contribution is -0.129. The maximum absolute atomic E-state index is 13.7. The molecule has 2 aliphatic rings. The number of piperazine rings is 1. The minimum Gasteiger partial charge on any atom is -0.334 e. The van der Waals surface area contributed by atoms with Gasteiger partial charge < -0.3 is 21.3 Å². The van der Waals surface area contributed by atoms with Crippen LogP contribution in [0.15, 0.2) is 60.8 Å². The topological polar surface area (TPSA) is 172 Å². The van der Waals surface area contributed by atoms with Gasteiger partial charge in [0.15, 0.2) is 0 Å². The van der Waals surface area contributed by atoms with Crippen LogP contribution in [-0.4, -0.2) is 80.3 Å². The van der Waals surface area contributed by atoms with E-state index in [0.29, 0.717) is 49.2 Å². The summed E-state index contributed by atoms with van der Waals surface area (Å²) in [7, 11) is 0. The number of aromatic amines is 1. The second kappa shape index (κ2) is 15.6. The monoisotopic (exact) mass is 663 g/mol. The van der Waals surface area contributed by atoms with E-state index in [1.54, 1.807) is 18.3 Å². The van der Waals surface area contributed by atoms with Gasteiger partial charge in [-0.15, -0.1) is 10.2 Å². The number of tetrazole rings is 1. The number of benzene rings is 2. The quantitative estimate of drug-likeness (QED) is 0.184. The number of hydrogen-bond donors (Lipinski definition) is 4. The lowest BCUT2D eigenvalue weighted by Gasteiger charge is -2.31. The smallest absolute Gasteiger partial charge is 0.272 e. The second-order valence-corrected chi connectivity index (χ2v) is 13.5. The number of nitrogens with one attached hydrogen (secondary N) is 3. The zero-order valence-corrected chi connectivity index (χ0v) is 28.2. The molecule has 1 unspecified atom stereocenters. The van der Waals surface area contributed by atoms with Gasteiger partial charge in [-0.25, -0.2) is 0 Å². The standard InChI is InChI=1S/C37H45N9O3/c1-23-17-33(37(49)46-16-15-39-24(2)22-46)40-21-32(23)27-7-3-25(4-8-27)18-30(19-34(47)28-9-5-26(20-38)6-10-28)36(48)41-31-13-11-29(12-14-31)35-42-44-45-43-35/h3-4,7-8,11-14,17,21,24,26,28,30,39H,5-6,9-10,15-16,18-20,22,38H2,1-2H3,(H,41,48)(H,42,43,44,45)/t24?,26?,28?,30-/m1/s1. The molecule has 256 valence electrons. The van der Waals surface area contributed by atoms with Gasteiger partial charge in [-0.3, -0.25) is 19.4 Å². The maximum Gasteiger partial charge on any atom is 0.272 e. The number of pyridine rings is 1. The minimum atomic E-state index is -0.538. The number of ketones is 1. The molecule has 0 spiro atoms. The fourth-order valence-electron chi connectivity index (χ4n) is 6.98. The molecule has 5 N–H and O–H groups in total. The Morgan fingerprint density at radius 1 is 1.02 bits per heavy atom. The highest BCUT2D eigenvalue weighted by atomic mass is 16.2. The van der Waals surface area contributed by atoms with Crippen molar-refractivity contribution in [3.8, 4) is 22.5 Å². The molecule has 12 heteroatoms. The number of aryl methyl sites for hydroxylation is 1. The van der Waals surface area contributed by atoms with Gasteiger partial charge >= 0.3 is 0 Å². The molecule has 0 radical (unpaired) electrons. The van der Waals surface area contributed by atoms with Crippen molar-refractivity contribution < 1.29 is 14.4 Å². The largest absolute Gasteiger partial charge is 0.334 e. The van der Waals surface area contributed by atoms with Crippen LogP contribution in [-0.2, 0) is 16.0 Å². The van der Waals surface area contributed by atoms with E-state index in [-0.39, 0.29) is 36.0 Å². The highest BCUT2D eigenvalue weighted by Gasteiger charge is 2.30. The molecule has 0 bridgehead atoms. The Labute approximate surface area is 286 Å². The highest BCUT2D eigenvalue weighted by molar-refractivity contribution is 5.96. The molecule has 49 heavy (non-hydrogen) atoms. The third kappa shape index (κ3) is 8.44. The molecule has 2 atom stereocenters. The van der Waals surface area contributed by atoms with Crippen LogP contribution in [0, 0.1) is 24.7 Å². The Balaban J connectivity index is 1.15. The first-order valence-electron chi connectivity index (χ1n) is 17.2. The van der Waals surface area contributed by atoms with Crippen molar-refractivity contribution in [3.05, 3.63) is 77.6 Å². The summed E-state index contributed by atoms with van der Waals surface area (Å²) in [5.74, 6) is 0.274. The molecule has 6 rings (SSSR count). The Hall–Kier alpha value is -4.81. The average molecular weight is 664 g/mol. The van der Waals surface area contributed by atoms with Gasteiger partial charge in [0.2, 0.25) is 11.7 Å². The third-order valence-corrected chi connectivity index (χ3v) is 9.94. The molecule has 1 aliphatic carbocycles. The number of rotatable bonds is 11. The zero-order valence-electron chi connectivity index (χ0n) is 28.2. The number of hydrogen-bond acceptors (Lipinski definition) is 9. The molecule has 1 saturated heterocycles. The molecular weight excluding hydrogens is 618 g/mol. The number of aromatic nitrogens is 5. The SMILES string of the molecule is Cc1cc(C(=O)N2CCNC(C)C2)ncc1-c1ccc(C[C@H](CC(=O)C2CCC(CN)CC2)C(=O)Nc2ccc(-c3nn[nH]n3)cc2)cc1. The van der Waals surface area contributed by atoms with Crippen LogP contribution in [0.25, 0.3) is 22.5 Å². The van der Waals surface area contributed by atoms with E-state index < -0.39 is 5.92 Å². The van der Waals surface area contributed by atoms with Gasteiger partial charge in [-0.1, -0.05) is 24.3 Å². The number of carbonyl (C=O) groups excluding carboxylic acids is 3. The molecule has 4 aromatic rings. The Bertz CT molecular complexity index is 1730. The van der Waals surface area contributed by atoms with Crippen LogP contribution >= 0.6 is 0 Å². The van der Waals surface area contributed by atoms with Gasteiger partial charge in [-0.05, 0) is 111 Å². The minimum absolute atomic E-state index is 0.0324. The fraction of sp³-hybridized carbons (Fsp3) is 0.432. The van der Waals surface area contributed by atoms with Gasteiger partial charge in [-0.2, -0.15) is 5.21 Å². The van der Waals surface area contributed by atoms with Crippen molar-refractivity contribution >= 4 is 23.3 Å². The van der Waals surface area contributed by atoms with Crippen molar-refractivity contribution in [2.24, 2.45) is 23.5 Å². The van der Waals surface area contributed by atoms with Crippen molar-refractivity contribution in [3.63, 3.8) is 0 Å². The average Bonchev–Trinajstić information content (AvgIpc) is 3.67. The van der Waals surface area contributed by atoms with Crippen molar-refractivity contribution in [2.75, 3.05) is 31.5 Å². The molecule has 1 aliphatic heterocycles. The van der Waals surface area contributed by atoms with Crippen LogP contribution in [0.3, 0.4) is 0 Å². The number of amides is 2. The molecule has 1 saturated carbocycles. The number of nitrogens with two attached hydrogens (primary N) is 1. The number of nitrogens with zero attached hydrogens (tertiary/aromatic N) is 5. The molecular formula is C37H45N9O3. The van der Waals surface area contributed by atoms with E-state index in [1.807, 2.05) is 54.3 Å². The van der Waals surface area contributed by atoms with Crippen LogP contribution in [0.2, 0.25) is 0 Å². The molecule has 2 amide bonds. The predicted octanol–water partition coefficient (Wildman–Crippen LogP) is 4.19. The van der Waals surface area contributed by atoms with E-state index in [9.17, 15) is 14.4 Å². The Kier molecular flexibility index (Phi) is 10.8. The first-order valence-corrected chi connectivity index (χ1v) is 17.2. The van der Waals surface area contributed by atoms with Gasteiger partial charge in [0.25, 0.3) is 5.91 Å². The Morgan fingerprint density at radius 3 is 2.41 bits per heavy atom. The zero-order chi connectivity index (χ0) is 34.3. The van der Waals surface area contributed by atoms with Gasteiger partial charge in [0.1, 0.15) is 11.5 Å². The highest BCUT2D eigenvalue weighted by Crippen LogP contribution is 2.31. The molecule has 2 aromatic heterocycles. The summed E-state index contributed by atoms with van der Waals surface area (Å²) >= 11 is 0. The van der Waals surface area contributed by atoms with E-state index in [2.05, 4.69) is 43.2 Å². The molecule has 2 aromatic carbocycles. The Morgan fingerprint density at radius 2 is 1.76 bits per heavy atom. The van der Waals surface area contributed by atoms with Gasteiger partial charge in [0, 0.05) is 66.9 Å². The van der Waals surface area contributed by atoms with E-state index in [1.165, 1.54) is 0 Å². The number of carbonyl (C=O) groups is 3. The summed E-state index contributed by atoms with van der Waals surface area (Å²) < 4.78 is 0. The third-order valence-electron chi connectivity index (χ3n) is 9.94. The van der Waals surface area contributed by atoms with Crippen LogP contribution in [0.1, 0.15) is 60.6 Å². The number of anilines is 1. The summed E-state index contributed by atoms with van der Waals surface area (Å²) in [5.41, 5.74) is 11.6. The molecule has 3 heterocycles. The molecule has 2 fully saturated rings. The van der Waals surface area contributed by atoms with Crippen molar-refractivity contribution in [1.82, 2.24) is 35.8 Å². The van der Waals surface area contributed by atoms with Gasteiger partial charge in [0.05, 0.1) is 0 Å². The van der Waals surface area contributed by atoms with E-state index >= 15 is 0 Å². The summed E-state index contributed by atoms with van der Waals surface area (Å²) in [6, 6.07) is 17.4. The summed E-state index contributed by atoms with van der Waals surface area (Å²) in [6.45, 7) is 6.82. The number of Topliss-reactive ketones (excluding diaryl/α,β-unsaturated/α-hetero) is 1. The maximum atomic E-state index is 13.7. The lowest BCUT2D eigenvalue weighted by atomic mass is 9.77. The van der Waals surface area contributed by atoms with E-state index in [0.717, 1.165) is 60.0 Å². The van der Waals surface area contributed by atoms with Crippen molar-refractivity contribution in [1.29, 1.82) is 0 Å². The predicted molar refractivity (Wildman–Crippen MR) is 187 cm³/mol. The second-order valence-electron chi connectivity index (χ2n) is 13.5. The lowest BCUT2D eigenvalue weighted by Crippen LogP contribution is -2.51. The van der Waals surface area contributed by atoms with Crippen LogP contribution < -0.4 is 16.4 Å². The van der Waals surface area contributed by atoms with Crippen LogP contribution in [0.4, 0.5) is 5.69 Å². The summed E-state index contributed by atoms with van der Waals surface area (Å²) in [4.78, 5) is 46.7. The van der Waals surface area contributed by atoms with Crippen LogP contribution in [0.5, 0.6) is 0 Å². The summed E-state index contributed by atoms with van der Waals surface area (Å²) in [6.07, 6.45) is 5.93. The summed E-state index contributed by atoms with van der Waals surface area (Å²) in [5, 5.41) is 20.4. The van der Waals surface area contributed by atoms with Crippen molar-refractivity contribution in [2.45, 2.75) is 58.4 Å². The fourth-order valence-corrected chi connectivity index (χ4v) is 6.98. The first kappa shape index (κ1) is 34.1.